The van der Waals surface area contributed by atoms with Crippen LogP contribution in [0.1, 0.15) is 63.5 Å². The van der Waals surface area contributed by atoms with Crippen molar-refractivity contribution in [1.82, 2.24) is 0 Å². The van der Waals surface area contributed by atoms with E-state index in [2.05, 4.69) is 24.3 Å². The monoisotopic (exact) mass is 329 g/mol. The van der Waals surface area contributed by atoms with Gasteiger partial charge in [0.05, 0.1) is 11.2 Å². The molecule has 1 rings (SSSR count). The fraction of sp³-hybridized carbons (Fsp3) is 0.647. The fourth-order valence-corrected chi connectivity index (χ4v) is 3.05. The van der Waals surface area contributed by atoms with Crippen LogP contribution >= 0.6 is 0 Å². The number of hydrogen-bond donors (Lipinski definition) is 0. The van der Waals surface area contributed by atoms with Gasteiger partial charge in [-0.2, -0.15) is 13.2 Å². The number of hydrogen-bond acceptors (Lipinski definition) is 1. The van der Waals surface area contributed by atoms with Gasteiger partial charge in [0.25, 0.3) is 0 Å². The molecule has 0 aliphatic carbocycles. The van der Waals surface area contributed by atoms with Crippen molar-refractivity contribution in [2.24, 2.45) is 0 Å². The topological polar surface area (TPSA) is 9.23 Å². The predicted octanol–water partition coefficient (Wildman–Crippen LogP) is 5.47. The molecule has 1 nitrogen and oxygen atoms in total. The second-order valence-corrected chi connectivity index (χ2v) is 5.96. The van der Waals surface area contributed by atoms with Gasteiger partial charge < -0.3 is 4.43 Å². The van der Waals surface area contributed by atoms with Crippen LogP contribution in [0, 0.1) is 0 Å². The molecule has 0 fully saturated rings. The van der Waals surface area contributed by atoms with Gasteiger partial charge in [0.15, 0.2) is 0 Å². The van der Waals surface area contributed by atoms with Crippen molar-refractivity contribution in [2.75, 3.05) is 0 Å². The van der Waals surface area contributed by atoms with Crippen LogP contribution < -0.4 is 0 Å². The van der Waals surface area contributed by atoms with E-state index in [0.717, 1.165) is 50.2 Å². The zero-order valence-electron chi connectivity index (χ0n) is 13.3. The Kier molecular flexibility index (Phi) is 7.63. The molecule has 0 bridgehead atoms. The molecule has 0 heterocycles. The van der Waals surface area contributed by atoms with E-state index in [0.29, 0.717) is 6.42 Å². The van der Waals surface area contributed by atoms with Crippen LogP contribution in [0.25, 0.3) is 0 Å². The number of alkyl halides is 3. The molecule has 0 N–H and O–H groups in total. The van der Waals surface area contributed by atoms with Crippen molar-refractivity contribution < 1.29 is 17.6 Å². The minimum atomic E-state index is -4.26. The quantitative estimate of drug-likeness (QED) is 0.431. The largest absolute Gasteiger partial charge is 0.416 e. The molecule has 0 saturated heterocycles. The summed E-state index contributed by atoms with van der Waals surface area (Å²) < 4.78 is 43.4. The first-order valence-electron chi connectivity index (χ1n) is 7.87. The number of rotatable bonds is 9. The maximum Gasteiger partial charge on any atom is 0.416 e. The lowest BCUT2D eigenvalue weighted by molar-refractivity contribution is -0.137. The fourth-order valence-electron chi connectivity index (χ4n) is 2.66. The van der Waals surface area contributed by atoms with E-state index in [1.165, 1.54) is 12.1 Å². The molecule has 0 aliphatic rings. The van der Waals surface area contributed by atoms with Crippen molar-refractivity contribution in [3.63, 3.8) is 0 Å². The van der Waals surface area contributed by atoms with Crippen LogP contribution in [-0.2, 0) is 17.0 Å². The Labute approximate surface area is 134 Å². The Morgan fingerprint density at radius 1 is 1.05 bits per heavy atom. The van der Waals surface area contributed by atoms with Gasteiger partial charge in [0, 0.05) is 0 Å². The van der Waals surface area contributed by atoms with Gasteiger partial charge in [-0.15, -0.1) is 0 Å². The summed E-state index contributed by atoms with van der Waals surface area (Å²) in [6, 6.07) is 5.62. The van der Waals surface area contributed by atoms with E-state index in [1.54, 1.807) is 6.07 Å². The highest BCUT2D eigenvalue weighted by Gasteiger charge is 2.30. The van der Waals surface area contributed by atoms with E-state index in [-0.39, 0.29) is 5.60 Å². The predicted molar refractivity (Wildman–Crippen MR) is 83.8 cm³/mol. The Balaban J connectivity index is 2.39. The summed E-state index contributed by atoms with van der Waals surface area (Å²) in [5.41, 5.74) is 0.0736. The lowest BCUT2D eigenvalue weighted by atomic mass is 9.90. The van der Waals surface area contributed by atoms with E-state index >= 15 is 0 Å². The molecule has 0 aromatic heterocycles. The van der Waals surface area contributed by atoms with Gasteiger partial charge in [-0.3, -0.25) is 0 Å². The van der Waals surface area contributed by atoms with Crippen LogP contribution in [0.3, 0.4) is 0 Å². The third-order valence-electron chi connectivity index (χ3n) is 4.36. The molecule has 3 radical (unpaired) electrons. The van der Waals surface area contributed by atoms with Crippen LogP contribution in [0.4, 0.5) is 13.2 Å². The molecule has 0 spiro atoms. The Hall–Kier alpha value is -0.813. The van der Waals surface area contributed by atoms with Crippen LogP contribution in [-0.4, -0.2) is 16.1 Å². The first-order chi connectivity index (χ1) is 10.4. The molecule has 0 unspecified atom stereocenters. The summed E-state index contributed by atoms with van der Waals surface area (Å²) in [4.78, 5) is 0. The molecule has 22 heavy (non-hydrogen) atoms. The molecular formula is C17H24F3OSi. The summed E-state index contributed by atoms with van der Waals surface area (Å²) in [5.74, 6) is 0. The van der Waals surface area contributed by atoms with Gasteiger partial charge in [-0.05, 0) is 43.7 Å². The molecule has 0 atom stereocenters. The molecule has 123 valence electrons. The van der Waals surface area contributed by atoms with Gasteiger partial charge in [-0.25, -0.2) is 0 Å². The van der Waals surface area contributed by atoms with Crippen molar-refractivity contribution >= 4 is 10.5 Å². The van der Waals surface area contributed by atoms with Gasteiger partial charge in [0.1, 0.15) is 0 Å². The zero-order valence-corrected chi connectivity index (χ0v) is 14.3. The summed E-state index contributed by atoms with van der Waals surface area (Å²) in [5, 5.41) is 0. The van der Waals surface area contributed by atoms with E-state index in [1.807, 2.05) is 0 Å². The average molecular weight is 329 g/mol. The van der Waals surface area contributed by atoms with Gasteiger partial charge in [-0.1, -0.05) is 44.9 Å². The smallest absolute Gasteiger partial charge is 0.413 e. The summed E-state index contributed by atoms with van der Waals surface area (Å²) in [6.45, 7) is 4.21. The van der Waals surface area contributed by atoms with Gasteiger partial charge >= 0.3 is 6.18 Å². The number of benzene rings is 1. The van der Waals surface area contributed by atoms with E-state index in [9.17, 15) is 13.2 Å². The minimum absolute atomic E-state index is 0.118. The molecule has 0 amide bonds. The third kappa shape index (κ3) is 5.76. The molecule has 1 aromatic carbocycles. The molecule has 5 heteroatoms. The summed E-state index contributed by atoms with van der Waals surface area (Å²) >= 11 is 0. The number of unbranched alkanes of at least 4 members (excludes halogenated alkanes) is 2. The Morgan fingerprint density at radius 3 is 2.27 bits per heavy atom. The van der Waals surface area contributed by atoms with Crippen LogP contribution in [0.2, 0.25) is 0 Å². The number of halogens is 3. The van der Waals surface area contributed by atoms with Crippen molar-refractivity contribution in [3.05, 3.63) is 35.4 Å². The molecule has 0 saturated carbocycles. The molecular weight excluding hydrogens is 305 g/mol. The Morgan fingerprint density at radius 2 is 1.73 bits per heavy atom. The highest BCUT2D eigenvalue weighted by atomic mass is 28.2. The summed E-state index contributed by atoms with van der Waals surface area (Å²) in [6.07, 6.45) is 2.19. The highest BCUT2D eigenvalue weighted by molar-refractivity contribution is 5.98. The second kappa shape index (κ2) is 8.72. The Bertz CT molecular complexity index is 434. The van der Waals surface area contributed by atoms with Crippen molar-refractivity contribution in [3.8, 4) is 0 Å². The SMILES string of the molecule is CCC(CC)(CCCCCc1cccc(C(F)(F)F)c1)O[Si]. The normalized spacial score (nSPS) is 12.6. The standard InChI is InChI=1S/C17H24F3OSi/c1-3-16(4-2,21-22)12-7-5-6-9-14-10-8-11-15(13-14)17(18,19)20/h8,10-11,13H,3-7,9,12H2,1-2H3. The average Bonchev–Trinajstić information content (AvgIpc) is 2.51. The van der Waals surface area contributed by atoms with Crippen LogP contribution in [0.15, 0.2) is 24.3 Å². The molecule has 0 aliphatic heterocycles. The third-order valence-corrected chi connectivity index (χ3v) is 4.79. The number of aryl methyl sites for hydroxylation is 1. The maximum absolute atomic E-state index is 12.6. The lowest BCUT2D eigenvalue weighted by Gasteiger charge is -2.30. The maximum atomic E-state index is 12.6. The van der Waals surface area contributed by atoms with E-state index in [4.69, 9.17) is 4.43 Å². The zero-order chi connectivity index (χ0) is 16.6. The van der Waals surface area contributed by atoms with Gasteiger partial charge in [0.2, 0.25) is 10.5 Å². The van der Waals surface area contributed by atoms with Crippen molar-refractivity contribution in [2.45, 2.75) is 70.6 Å². The highest BCUT2D eigenvalue weighted by Crippen LogP contribution is 2.30. The van der Waals surface area contributed by atoms with Crippen molar-refractivity contribution in [1.29, 1.82) is 0 Å². The van der Waals surface area contributed by atoms with Crippen LogP contribution in [0.5, 0.6) is 0 Å². The second-order valence-electron chi connectivity index (χ2n) is 5.75. The lowest BCUT2D eigenvalue weighted by Crippen LogP contribution is -2.30. The first-order valence-corrected chi connectivity index (χ1v) is 8.28. The summed E-state index contributed by atoms with van der Waals surface area (Å²) in [7, 11) is 3.17. The minimum Gasteiger partial charge on any atom is -0.413 e. The first kappa shape index (κ1) is 19.2. The molecule has 1 aromatic rings. The van der Waals surface area contributed by atoms with E-state index < -0.39 is 11.7 Å².